The molecule has 2 nitrogen and oxygen atoms in total. The van der Waals surface area contributed by atoms with E-state index < -0.39 is 11.7 Å². The topological polar surface area (TPSA) is 24.1 Å². The zero-order valence-corrected chi connectivity index (χ0v) is 11.3. The van der Waals surface area contributed by atoms with Crippen molar-refractivity contribution in [1.29, 1.82) is 0 Å². The zero-order chi connectivity index (χ0) is 14.2. The van der Waals surface area contributed by atoms with Gasteiger partial charge < -0.3 is 10.6 Å². The number of halogens is 3. The van der Waals surface area contributed by atoms with Crippen molar-refractivity contribution in [2.24, 2.45) is 0 Å². The second kappa shape index (κ2) is 4.95. The monoisotopic (exact) mass is 284 g/mol. The van der Waals surface area contributed by atoms with E-state index in [0.717, 1.165) is 38.3 Å². The van der Waals surface area contributed by atoms with Crippen LogP contribution in [0.3, 0.4) is 0 Å². The van der Waals surface area contributed by atoms with Crippen molar-refractivity contribution in [1.82, 2.24) is 5.32 Å². The maximum atomic E-state index is 13.0. The molecule has 0 bridgehead atoms. The van der Waals surface area contributed by atoms with Crippen LogP contribution < -0.4 is 10.6 Å². The molecule has 0 radical (unpaired) electrons. The van der Waals surface area contributed by atoms with Crippen LogP contribution >= 0.6 is 0 Å². The zero-order valence-electron chi connectivity index (χ0n) is 11.3. The summed E-state index contributed by atoms with van der Waals surface area (Å²) in [6.07, 6.45) is 0.995. The Hall–Kier alpha value is -1.23. The van der Waals surface area contributed by atoms with Gasteiger partial charge in [0.2, 0.25) is 0 Å². The van der Waals surface area contributed by atoms with Gasteiger partial charge >= 0.3 is 6.18 Å². The first-order chi connectivity index (χ1) is 9.49. The van der Waals surface area contributed by atoms with Crippen molar-refractivity contribution < 1.29 is 13.2 Å². The minimum Gasteiger partial charge on any atom is -0.382 e. The summed E-state index contributed by atoms with van der Waals surface area (Å²) in [5.41, 5.74) is -0.175. The SMILES string of the molecule is FC(F)(F)c1ccccc1NC1CCNC2(CCC2)C1. The molecule has 1 spiro atoms. The van der Waals surface area contributed by atoms with E-state index in [-0.39, 0.29) is 17.3 Å². The van der Waals surface area contributed by atoms with Gasteiger partial charge in [-0.1, -0.05) is 12.1 Å². The van der Waals surface area contributed by atoms with E-state index in [1.807, 2.05) is 0 Å². The number of rotatable bonds is 2. The summed E-state index contributed by atoms with van der Waals surface area (Å²) < 4.78 is 38.9. The van der Waals surface area contributed by atoms with Crippen LogP contribution in [0.1, 0.15) is 37.7 Å². The molecule has 1 aliphatic carbocycles. The Morgan fingerprint density at radius 2 is 1.95 bits per heavy atom. The molecule has 3 rings (SSSR count). The number of nitrogens with one attached hydrogen (secondary N) is 2. The maximum Gasteiger partial charge on any atom is 0.418 e. The molecule has 1 saturated carbocycles. The van der Waals surface area contributed by atoms with E-state index in [1.165, 1.54) is 18.6 Å². The highest BCUT2D eigenvalue weighted by molar-refractivity contribution is 5.53. The summed E-state index contributed by atoms with van der Waals surface area (Å²) in [5.74, 6) is 0. The minimum absolute atomic E-state index is 0.125. The fraction of sp³-hybridized carbons (Fsp3) is 0.600. The van der Waals surface area contributed by atoms with Crippen molar-refractivity contribution in [2.75, 3.05) is 11.9 Å². The molecule has 5 heteroatoms. The average Bonchev–Trinajstić information content (AvgIpc) is 2.37. The predicted octanol–water partition coefficient (Wildman–Crippen LogP) is 3.79. The third-order valence-corrected chi connectivity index (χ3v) is 4.53. The number of hydrogen-bond acceptors (Lipinski definition) is 2. The smallest absolute Gasteiger partial charge is 0.382 e. The van der Waals surface area contributed by atoms with Crippen LogP contribution in [0.15, 0.2) is 24.3 Å². The van der Waals surface area contributed by atoms with Gasteiger partial charge in [-0.2, -0.15) is 13.2 Å². The highest BCUT2D eigenvalue weighted by atomic mass is 19.4. The molecule has 1 unspecified atom stereocenters. The lowest BCUT2D eigenvalue weighted by molar-refractivity contribution is -0.137. The first kappa shape index (κ1) is 13.7. The number of piperidine rings is 1. The molecule has 2 fully saturated rings. The lowest BCUT2D eigenvalue weighted by Crippen LogP contribution is -2.58. The van der Waals surface area contributed by atoms with Crippen LogP contribution in [0.2, 0.25) is 0 Å². The Balaban J connectivity index is 1.74. The number of alkyl halides is 3. The Bertz CT molecular complexity index is 480. The van der Waals surface area contributed by atoms with E-state index in [2.05, 4.69) is 10.6 Å². The Kier molecular flexibility index (Phi) is 3.40. The van der Waals surface area contributed by atoms with Crippen molar-refractivity contribution >= 4 is 5.69 Å². The van der Waals surface area contributed by atoms with E-state index in [1.54, 1.807) is 6.07 Å². The lowest BCUT2D eigenvalue weighted by Gasteiger charge is -2.48. The standard InChI is InChI=1S/C15H19F3N2/c16-15(17,18)12-4-1-2-5-13(12)20-11-6-9-19-14(10-11)7-3-8-14/h1-2,4-5,11,19-20H,3,6-10H2. The van der Waals surface area contributed by atoms with Gasteiger partial charge in [0, 0.05) is 17.3 Å². The molecule has 2 N–H and O–H groups in total. The van der Waals surface area contributed by atoms with E-state index >= 15 is 0 Å². The molecule has 2 aliphatic rings. The fourth-order valence-electron chi connectivity index (χ4n) is 3.34. The Labute approximate surface area is 116 Å². The number of para-hydroxylation sites is 1. The van der Waals surface area contributed by atoms with Crippen LogP contribution in [-0.2, 0) is 6.18 Å². The van der Waals surface area contributed by atoms with E-state index in [0.29, 0.717) is 0 Å². The molecule has 1 aliphatic heterocycles. The molecule has 1 saturated heterocycles. The number of anilines is 1. The molecular formula is C15H19F3N2. The van der Waals surface area contributed by atoms with Gasteiger partial charge in [-0.15, -0.1) is 0 Å². The van der Waals surface area contributed by atoms with Crippen molar-refractivity contribution in [3.8, 4) is 0 Å². The second-order valence-electron chi connectivity index (χ2n) is 5.94. The van der Waals surface area contributed by atoms with Gasteiger partial charge in [0.05, 0.1) is 5.56 Å². The van der Waals surface area contributed by atoms with E-state index in [4.69, 9.17) is 0 Å². The molecule has 0 amide bonds. The predicted molar refractivity (Wildman–Crippen MR) is 72.7 cm³/mol. The summed E-state index contributed by atoms with van der Waals surface area (Å²) in [5, 5.41) is 6.65. The van der Waals surface area contributed by atoms with E-state index in [9.17, 15) is 13.2 Å². The minimum atomic E-state index is -4.30. The van der Waals surface area contributed by atoms with Crippen molar-refractivity contribution in [2.45, 2.75) is 49.9 Å². The third-order valence-electron chi connectivity index (χ3n) is 4.53. The Morgan fingerprint density at radius 1 is 1.20 bits per heavy atom. The fourth-order valence-corrected chi connectivity index (χ4v) is 3.34. The summed E-state index contributed by atoms with van der Waals surface area (Å²) in [7, 11) is 0. The van der Waals surface area contributed by atoms with Crippen molar-refractivity contribution in [3.63, 3.8) is 0 Å². The molecular weight excluding hydrogens is 265 g/mol. The molecule has 1 atom stereocenters. The van der Waals surface area contributed by atoms with Crippen LogP contribution in [0, 0.1) is 0 Å². The van der Waals surface area contributed by atoms with Gasteiger partial charge in [-0.3, -0.25) is 0 Å². The largest absolute Gasteiger partial charge is 0.418 e. The number of hydrogen-bond donors (Lipinski definition) is 2. The first-order valence-electron chi connectivity index (χ1n) is 7.16. The molecule has 1 aromatic rings. The molecule has 1 heterocycles. The van der Waals surface area contributed by atoms with Gasteiger partial charge in [-0.05, 0) is 50.8 Å². The van der Waals surface area contributed by atoms with Crippen LogP contribution in [-0.4, -0.2) is 18.1 Å². The molecule has 110 valence electrons. The summed E-state index contributed by atoms with van der Waals surface area (Å²) in [6, 6.07) is 5.88. The summed E-state index contributed by atoms with van der Waals surface area (Å²) in [6.45, 7) is 0.881. The lowest BCUT2D eigenvalue weighted by atomic mass is 9.70. The average molecular weight is 284 g/mol. The molecule has 1 aromatic carbocycles. The van der Waals surface area contributed by atoms with Crippen LogP contribution in [0.4, 0.5) is 18.9 Å². The van der Waals surface area contributed by atoms with Gasteiger partial charge in [-0.25, -0.2) is 0 Å². The normalized spacial score (nSPS) is 25.2. The quantitative estimate of drug-likeness (QED) is 0.863. The van der Waals surface area contributed by atoms with Gasteiger partial charge in [0.25, 0.3) is 0 Å². The van der Waals surface area contributed by atoms with Gasteiger partial charge in [0.15, 0.2) is 0 Å². The van der Waals surface area contributed by atoms with Crippen molar-refractivity contribution in [3.05, 3.63) is 29.8 Å². The summed E-state index contributed by atoms with van der Waals surface area (Å²) in [4.78, 5) is 0. The van der Waals surface area contributed by atoms with Gasteiger partial charge in [0.1, 0.15) is 0 Å². The first-order valence-corrected chi connectivity index (χ1v) is 7.16. The molecule has 20 heavy (non-hydrogen) atoms. The third kappa shape index (κ3) is 2.64. The van der Waals surface area contributed by atoms with Crippen LogP contribution in [0.25, 0.3) is 0 Å². The summed E-state index contributed by atoms with van der Waals surface area (Å²) >= 11 is 0. The highest BCUT2D eigenvalue weighted by Gasteiger charge is 2.41. The molecule has 0 aromatic heterocycles. The van der Waals surface area contributed by atoms with Crippen LogP contribution in [0.5, 0.6) is 0 Å². The second-order valence-corrected chi connectivity index (χ2v) is 5.94. The Morgan fingerprint density at radius 3 is 2.60 bits per heavy atom. The highest BCUT2D eigenvalue weighted by Crippen LogP contribution is 2.40. The number of benzene rings is 1. The maximum absolute atomic E-state index is 13.0.